The number of nitrogens with zero attached hydrogens (tertiary/aromatic N) is 3. The van der Waals surface area contributed by atoms with Crippen LogP contribution in [0.25, 0.3) is 22.0 Å². The predicted octanol–water partition coefficient (Wildman–Crippen LogP) is 4.42. The standard InChI is InChI=1S/C29H22F3N5O3/c30-19-8-16(9-20(31)12-19)10-25(36-27(39)15-37-26-13-21(38)5-3-18(26)14-35-37)28-22(2-1-7-34-28)17-4-6-24(32)23(11-17)29(33)40/h1-9,11-14,25,38H,10,15H2,(H2,33,40)(H,36,39)/t25-/m0/s1. The number of phenolic OH excluding ortho intramolecular Hbond substituents is 1. The molecule has 2 heterocycles. The molecule has 5 rings (SSSR count). The van der Waals surface area contributed by atoms with E-state index in [1.807, 2.05) is 0 Å². The Morgan fingerprint density at radius 1 is 1.00 bits per heavy atom. The van der Waals surface area contributed by atoms with Gasteiger partial charge >= 0.3 is 0 Å². The lowest BCUT2D eigenvalue weighted by Gasteiger charge is -2.22. The van der Waals surface area contributed by atoms with Gasteiger partial charge in [0.2, 0.25) is 5.91 Å². The Balaban J connectivity index is 1.53. The molecule has 1 atom stereocenters. The van der Waals surface area contributed by atoms with Crippen LogP contribution in [-0.4, -0.2) is 31.7 Å². The van der Waals surface area contributed by atoms with Gasteiger partial charge in [-0.3, -0.25) is 19.3 Å². The molecular formula is C29H22F3N5O3. The van der Waals surface area contributed by atoms with Crippen molar-refractivity contribution in [3.05, 3.63) is 113 Å². The maximum absolute atomic E-state index is 14.2. The number of carbonyl (C=O) groups excluding carboxylic acids is 2. The van der Waals surface area contributed by atoms with E-state index in [-0.39, 0.29) is 29.8 Å². The van der Waals surface area contributed by atoms with Crippen LogP contribution in [0.5, 0.6) is 5.75 Å². The van der Waals surface area contributed by atoms with Crippen molar-refractivity contribution in [2.24, 2.45) is 5.73 Å². The summed E-state index contributed by atoms with van der Waals surface area (Å²) in [4.78, 5) is 29.5. The highest BCUT2D eigenvalue weighted by molar-refractivity contribution is 5.94. The van der Waals surface area contributed by atoms with Gasteiger partial charge in [0.25, 0.3) is 5.91 Å². The Bertz CT molecular complexity index is 1730. The van der Waals surface area contributed by atoms with Crippen molar-refractivity contribution in [1.29, 1.82) is 0 Å². The average Bonchev–Trinajstić information content (AvgIpc) is 3.29. The molecule has 11 heteroatoms. The summed E-state index contributed by atoms with van der Waals surface area (Å²) in [5.41, 5.74) is 6.94. The first-order chi connectivity index (χ1) is 19.2. The van der Waals surface area contributed by atoms with Crippen LogP contribution in [0.3, 0.4) is 0 Å². The topological polar surface area (TPSA) is 123 Å². The summed E-state index contributed by atoms with van der Waals surface area (Å²) < 4.78 is 43.6. The highest BCUT2D eigenvalue weighted by atomic mass is 19.1. The lowest BCUT2D eigenvalue weighted by atomic mass is 9.94. The molecule has 5 aromatic rings. The number of halogens is 3. The van der Waals surface area contributed by atoms with Gasteiger partial charge < -0.3 is 16.2 Å². The van der Waals surface area contributed by atoms with Gasteiger partial charge in [-0.05, 0) is 60.0 Å². The first-order valence-corrected chi connectivity index (χ1v) is 12.1. The van der Waals surface area contributed by atoms with Crippen molar-refractivity contribution >= 4 is 22.7 Å². The van der Waals surface area contributed by atoms with Crippen LogP contribution in [0, 0.1) is 17.5 Å². The summed E-state index contributed by atoms with van der Waals surface area (Å²) in [6.07, 6.45) is 2.98. The normalized spacial score (nSPS) is 11.9. The molecule has 2 aromatic heterocycles. The van der Waals surface area contributed by atoms with Gasteiger partial charge in [0.1, 0.15) is 29.7 Å². The van der Waals surface area contributed by atoms with Crippen LogP contribution in [-0.2, 0) is 17.8 Å². The summed E-state index contributed by atoms with van der Waals surface area (Å²) in [5, 5.41) is 17.6. The molecule has 8 nitrogen and oxygen atoms in total. The molecule has 0 radical (unpaired) electrons. The number of nitrogens with two attached hydrogens (primary N) is 1. The molecule has 0 spiro atoms. The fourth-order valence-electron chi connectivity index (χ4n) is 4.56. The number of primary amides is 1. The maximum Gasteiger partial charge on any atom is 0.251 e. The Kier molecular flexibility index (Phi) is 7.19. The van der Waals surface area contributed by atoms with Crippen LogP contribution < -0.4 is 11.1 Å². The number of hydrogen-bond donors (Lipinski definition) is 3. The third-order valence-electron chi connectivity index (χ3n) is 6.33. The van der Waals surface area contributed by atoms with Crippen molar-refractivity contribution in [2.45, 2.75) is 19.0 Å². The molecule has 202 valence electrons. The zero-order chi connectivity index (χ0) is 28.4. The van der Waals surface area contributed by atoms with Crippen LogP contribution in [0.2, 0.25) is 0 Å². The fourth-order valence-corrected chi connectivity index (χ4v) is 4.56. The van der Waals surface area contributed by atoms with Gasteiger partial charge in [0.15, 0.2) is 0 Å². The lowest BCUT2D eigenvalue weighted by Crippen LogP contribution is -2.34. The van der Waals surface area contributed by atoms with E-state index in [0.717, 1.165) is 24.3 Å². The summed E-state index contributed by atoms with van der Waals surface area (Å²) in [6.45, 7) is -0.231. The summed E-state index contributed by atoms with van der Waals surface area (Å²) in [5.74, 6) is -3.80. The van der Waals surface area contributed by atoms with Gasteiger partial charge in [-0.15, -0.1) is 0 Å². The van der Waals surface area contributed by atoms with Crippen LogP contribution >= 0.6 is 0 Å². The van der Waals surface area contributed by atoms with Crippen molar-refractivity contribution in [1.82, 2.24) is 20.1 Å². The minimum Gasteiger partial charge on any atom is -0.508 e. The number of rotatable bonds is 8. The number of fused-ring (bicyclic) bond motifs is 1. The number of aromatic nitrogens is 3. The second-order valence-electron chi connectivity index (χ2n) is 9.14. The molecule has 0 bridgehead atoms. The number of benzene rings is 3. The molecular weight excluding hydrogens is 523 g/mol. The smallest absolute Gasteiger partial charge is 0.251 e. The zero-order valence-corrected chi connectivity index (χ0v) is 20.8. The third kappa shape index (κ3) is 5.63. The van der Waals surface area contributed by atoms with Crippen molar-refractivity contribution < 1.29 is 27.9 Å². The van der Waals surface area contributed by atoms with Gasteiger partial charge in [-0.1, -0.05) is 12.1 Å². The first kappa shape index (κ1) is 26.4. The number of amides is 2. The van der Waals surface area contributed by atoms with Gasteiger partial charge in [0, 0.05) is 29.3 Å². The summed E-state index contributed by atoms with van der Waals surface area (Å²) >= 11 is 0. The highest BCUT2D eigenvalue weighted by Gasteiger charge is 2.23. The number of nitrogens with one attached hydrogen (secondary N) is 1. The molecule has 3 aromatic carbocycles. The van der Waals surface area contributed by atoms with E-state index in [0.29, 0.717) is 27.7 Å². The molecule has 0 aliphatic carbocycles. The third-order valence-corrected chi connectivity index (χ3v) is 6.33. The summed E-state index contributed by atoms with van der Waals surface area (Å²) in [7, 11) is 0. The largest absolute Gasteiger partial charge is 0.508 e. The Morgan fingerprint density at radius 2 is 1.77 bits per heavy atom. The van der Waals surface area contributed by atoms with E-state index in [2.05, 4.69) is 15.4 Å². The second kappa shape index (κ2) is 10.9. The monoisotopic (exact) mass is 545 g/mol. The Hall–Kier alpha value is -5.19. The number of phenols is 1. The van der Waals surface area contributed by atoms with E-state index in [1.165, 1.54) is 35.1 Å². The van der Waals surface area contributed by atoms with Crippen molar-refractivity contribution in [3.8, 4) is 16.9 Å². The molecule has 0 aliphatic heterocycles. The molecule has 40 heavy (non-hydrogen) atoms. The first-order valence-electron chi connectivity index (χ1n) is 12.1. The molecule has 0 saturated carbocycles. The zero-order valence-electron chi connectivity index (χ0n) is 20.8. The van der Waals surface area contributed by atoms with Crippen molar-refractivity contribution in [2.75, 3.05) is 0 Å². The van der Waals surface area contributed by atoms with E-state index in [9.17, 15) is 27.9 Å². The van der Waals surface area contributed by atoms with Gasteiger partial charge in [0.05, 0.1) is 29.0 Å². The molecule has 0 fully saturated rings. The lowest BCUT2D eigenvalue weighted by molar-refractivity contribution is -0.122. The Morgan fingerprint density at radius 3 is 2.52 bits per heavy atom. The van der Waals surface area contributed by atoms with Crippen LogP contribution in [0.4, 0.5) is 13.2 Å². The minimum atomic E-state index is -0.956. The van der Waals surface area contributed by atoms with E-state index < -0.39 is 35.3 Å². The molecule has 4 N–H and O–H groups in total. The minimum absolute atomic E-state index is 0.00780. The quantitative estimate of drug-likeness (QED) is 0.266. The summed E-state index contributed by atoms with van der Waals surface area (Å²) in [6, 6.07) is 13.9. The maximum atomic E-state index is 14.2. The van der Waals surface area contributed by atoms with E-state index in [1.54, 1.807) is 24.4 Å². The van der Waals surface area contributed by atoms with Crippen molar-refractivity contribution in [3.63, 3.8) is 0 Å². The number of pyridine rings is 1. The Labute approximate surface area is 225 Å². The molecule has 0 saturated heterocycles. The number of aromatic hydroxyl groups is 1. The predicted molar refractivity (Wildman–Crippen MR) is 140 cm³/mol. The highest BCUT2D eigenvalue weighted by Crippen LogP contribution is 2.30. The van der Waals surface area contributed by atoms with E-state index >= 15 is 0 Å². The average molecular weight is 546 g/mol. The van der Waals surface area contributed by atoms with Gasteiger partial charge in [-0.2, -0.15) is 5.10 Å². The molecule has 0 aliphatic rings. The fraction of sp³-hybridized carbons (Fsp3) is 0.103. The van der Waals surface area contributed by atoms with E-state index in [4.69, 9.17) is 5.73 Å². The number of hydrogen-bond acceptors (Lipinski definition) is 5. The molecule has 2 amide bonds. The number of carbonyl (C=O) groups is 2. The van der Waals surface area contributed by atoms with Crippen LogP contribution in [0.15, 0.2) is 79.1 Å². The molecule has 0 unspecified atom stereocenters. The van der Waals surface area contributed by atoms with Gasteiger partial charge in [-0.25, -0.2) is 13.2 Å². The second-order valence-corrected chi connectivity index (χ2v) is 9.14. The van der Waals surface area contributed by atoms with Crippen LogP contribution in [0.1, 0.15) is 27.7 Å². The SMILES string of the molecule is NC(=O)c1cc(-c2cccnc2[C@H](Cc2cc(F)cc(F)c2)NC(=O)Cn2ncc3ccc(O)cc32)ccc1F.